The van der Waals surface area contributed by atoms with Crippen molar-refractivity contribution in [3.8, 4) is 6.07 Å². The third kappa shape index (κ3) is 4.01. The summed E-state index contributed by atoms with van der Waals surface area (Å²) in [7, 11) is -3.59. The summed E-state index contributed by atoms with van der Waals surface area (Å²) in [4.78, 5) is 12.7. The van der Waals surface area contributed by atoms with Crippen molar-refractivity contribution in [2.24, 2.45) is 11.8 Å². The number of amides is 1. The molecule has 0 saturated heterocycles. The molecule has 2 fully saturated rings. The van der Waals surface area contributed by atoms with Crippen molar-refractivity contribution in [2.45, 2.75) is 49.0 Å². The Balaban J connectivity index is 1.73. The van der Waals surface area contributed by atoms with E-state index >= 15 is 0 Å². The van der Waals surface area contributed by atoms with Gasteiger partial charge >= 0.3 is 0 Å². The lowest BCUT2D eigenvalue weighted by Crippen LogP contribution is -2.44. The summed E-state index contributed by atoms with van der Waals surface area (Å²) < 4.78 is 38.3. The van der Waals surface area contributed by atoms with Gasteiger partial charge in [-0.05, 0) is 55.9 Å². The van der Waals surface area contributed by atoms with Gasteiger partial charge in [0.15, 0.2) is 9.84 Å². The lowest BCUT2D eigenvalue weighted by Gasteiger charge is -2.31. The molecule has 0 spiro atoms. The average Bonchev–Trinajstić information content (AvgIpc) is 3.35. The molecule has 2 saturated carbocycles. The summed E-state index contributed by atoms with van der Waals surface area (Å²) in [6, 6.07) is 6.91. The minimum atomic E-state index is -3.59. The van der Waals surface area contributed by atoms with Crippen LogP contribution in [-0.2, 0) is 14.6 Å². The van der Waals surface area contributed by atoms with Crippen molar-refractivity contribution in [3.63, 3.8) is 0 Å². The quantitative estimate of drug-likeness (QED) is 0.814. The Morgan fingerprint density at radius 2 is 1.88 bits per heavy atom. The molecule has 0 aromatic heterocycles. The molecule has 5 nitrogen and oxygen atoms in total. The molecule has 134 valence electrons. The third-order valence-electron chi connectivity index (χ3n) is 5.18. The Morgan fingerprint density at radius 1 is 1.24 bits per heavy atom. The van der Waals surface area contributed by atoms with Gasteiger partial charge in [-0.2, -0.15) is 5.26 Å². The lowest BCUT2D eigenvalue weighted by molar-refractivity contribution is -0.128. The van der Waals surface area contributed by atoms with Gasteiger partial charge < -0.3 is 5.32 Å². The number of hydrogen-bond acceptors (Lipinski definition) is 4. The van der Waals surface area contributed by atoms with Gasteiger partial charge in [-0.25, -0.2) is 12.8 Å². The number of nitrogens with zero attached hydrogens (tertiary/aromatic N) is 1. The van der Waals surface area contributed by atoms with Crippen LogP contribution in [0.1, 0.15) is 38.5 Å². The van der Waals surface area contributed by atoms with E-state index in [1.54, 1.807) is 0 Å². The normalized spacial score (nSPS) is 25.0. The highest BCUT2D eigenvalue weighted by atomic mass is 32.2. The van der Waals surface area contributed by atoms with Crippen molar-refractivity contribution in [1.29, 1.82) is 5.26 Å². The number of carbonyl (C=O) groups excluding carboxylic acids is 1. The van der Waals surface area contributed by atoms with Crippen molar-refractivity contribution in [1.82, 2.24) is 5.32 Å². The average molecular weight is 364 g/mol. The maximum Gasteiger partial charge on any atom is 0.224 e. The molecule has 2 aliphatic carbocycles. The van der Waals surface area contributed by atoms with Gasteiger partial charge in [0.1, 0.15) is 11.4 Å². The second kappa shape index (κ2) is 6.75. The molecule has 3 rings (SSSR count). The molecule has 2 atom stereocenters. The fourth-order valence-electron chi connectivity index (χ4n) is 3.49. The predicted octanol–water partition coefficient (Wildman–Crippen LogP) is 2.58. The number of hydrogen-bond donors (Lipinski definition) is 1. The molecule has 0 heterocycles. The van der Waals surface area contributed by atoms with Crippen LogP contribution in [0, 0.1) is 29.0 Å². The van der Waals surface area contributed by atoms with E-state index < -0.39 is 27.1 Å². The first-order chi connectivity index (χ1) is 11.9. The first-order valence-corrected chi connectivity index (χ1v) is 10.2. The number of nitriles is 1. The van der Waals surface area contributed by atoms with Crippen LogP contribution in [0.2, 0.25) is 0 Å². The standard InChI is InChI=1S/C18H21FN2O3S/c19-14-5-7-15(8-6-14)25(23,24)11-13-3-1-2-4-16(13)17(22)21-18(12-20)9-10-18/h5-8,13,16H,1-4,9-11H2,(H,21,22). The van der Waals surface area contributed by atoms with Crippen LogP contribution >= 0.6 is 0 Å². The maximum absolute atomic E-state index is 13.0. The van der Waals surface area contributed by atoms with Crippen LogP contribution in [0.15, 0.2) is 29.2 Å². The minimum Gasteiger partial charge on any atom is -0.338 e. The Morgan fingerprint density at radius 3 is 2.48 bits per heavy atom. The monoisotopic (exact) mass is 364 g/mol. The molecular formula is C18H21FN2O3S. The molecule has 0 bridgehead atoms. The number of halogens is 1. The van der Waals surface area contributed by atoms with E-state index in [2.05, 4.69) is 11.4 Å². The van der Waals surface area contributed by atoms with E-state index in [9.17, 15) is 17.6 Å². The smallest absolute Gasteiger partial charge is 0.224 e. The summed E-state index contributed by atoms with van der Waals surface area (Å²) in [5, 5.41) is 11.9. The van der Waals surface area contributed by atoms with Crippen molar-refractivity contribution < 1.29 is 17.6 Å². The van der Waals surface area contributed by atoms with Gasteiger partial charge in [0.25, 0.3) is 0 Å². The van der Waals surface area contributed by atoms with Crippen LogP contribution in [0.5, 0.6) is 0 Å². The van der Waals surface area contributed by atoms with Crippen LogP contribution in [0.4, 0.5) is 4.39 Å². The molecule has 1 amide bonds. The molecule has 1 N–H and O–H groups in total. The van der Waals surface area contributed by atoms with Crippen molar-refractivity contribution in [3.05, 3.63) is 30.1 Å². The van der Waals surface area contributed by atoms with Gasteiger partial charge in [-0.1, -0.05) is 12.8 Å². The molecule has 7 heteroatoms. The number of sulfone groups is 1. The second-order valence-electron chi connectivity index (χ2n) is 7.07. The Bertz CT molecular complexity index is 795. The third-order valence-corrected chi connectivity index (χ3v) is 7.04. The molecule has 0 aliphatic heterocycles. The molecular weight excluding hydrogens is 343 g/mol. The van der Waals surface area contributed by atoms with Crippen LogP contribution < -0.4 is 5.32 Å². The van der Waals surface area contributed by atoms with E-state index in [1.165, 1.54) is 12.1 Å². The maximum atomic E-state index is 13.0. The summed E-state index contributed by atoms with van der Waals surface area (Å²) in [6.45, 7) is 0. The van der Waals surface area contributed by atoms with Crippen LogP contribution in [0.25, 0.3) is 0 Å². The fourth-order valence-corrected chi connectivity index (χ4v) is 5.20. The number of rotatable bonds is 5. The summed E-state index contributed by atoms with van der Waals surface area (Å²) in [5.74, 6) is -1.50. The van der Waals surface area contributed by atoms with E-state index in [4.69, 9.17) is 5.26 Å². The highest BCUT2D eigenvalue weighted by Gasteiger charge is 2.46. The largest absolute Gasteiger partial charge is 0.338 e. The molecule has 1 aromatic rings. The summed E-state index contributed by atoms with van der Waals surface area (Å²) in [6.07, 6.45) is 4.37. The van der Waals surface area contributed by atoms with E-state index in [0.29, 0.717) is 25.7 Å². The SMILES string of the molecule is N#CC1(NC(=O)C2CCCCC2CS(=O)(=O)c2ccc(F)cc2)CC1. The van der Waals surface area contributed by atoms with Gasteiger partial charge in [0.05, 0.1) is 16.7 Å². The zero-order valence-electron chi connectivity index (χ0n) is 13.9. The van der Waals surface area contributed by atoms with E-state index in [0.717, 1.165) is 25.0 Å². The number of carbonyl (C=O) groups is 1. The van der Waals surface area contributed by atoms with Gasteiger partial charge in [-0.3, -0.25) is 4.79 Å². The number of nitrogens with one attached hydrogen (secondary N) is 1. The predicted molar refractivity (Wildman–Crippen MR) is 89.6 cm³/mol. The highest BCUT2D eigenvalue weighted by molar-refractivity contribution is 7.91. The fraction of sp³-hybridized carbons (Fsp3) is 0.556. The minimum absolute atomic E-state index is 0.0781. The summed E-state index contributed by atoms with van der Waals surface area (Å²) >= 11 is 0. The highest BCUT2D eigenvalue weighted by Crippen LogP contribution is 2.37. The molecule has 2 aliphatic rings. The Kier molecular flexibility index (Phi) is 4.83. The zero-order chi connectivity index (χ0) is 18.1. The van der Waals surface area contributed by atoms with Crippen molar-refractivity contribution in [2.75, 3.05) is 5.75 Å². The Hall–Kier alpha value is -1.94. The first-order valence-electron chi connectivity index (χ1n) is 8.57. The van der Waals surface area contributed by atoms with Gasteiger partial charge in [0.2, 0.25) is 5.91 Å². The van der Waals surface area contributed by atoms with Gasteiger partial charge in [-0.15, -0.1) is 0 Å². The summed E-state index contributed by atoms with van der Waals surface area (Å²) in [5.41, 5.74) is -0.741. The topological polar surface area (TPSA) is 87.0 Å². The molecule has 0 radical (unpaired) electrons. The van der Waals surface area contributed by atoms with Crippen LogP contribution in [0.3, 0.4) is 0 Å². The Labute approximate surface area is 147 Å². The van der Waals surface area contributed by atoms with E-state index in [-0.39, 0.29) is 22.5 Å². The van der Waals surface area contributed by atoms with Crippen LogP contribution in [-0.4, -0.2) is 25.6 Å². The number of benzene rings is 1. The van der Waals surface area contributed by atoms with E-state index in [1.807, 2.05) is 0 Å². The van der Waals surface area contributed by atoms with Gasteiger partial charge in [0, 0.05) is 5.92 Å². The first kappa shape index (κ1) is 17.9. The lowest BCUT2D eigenvalue weighted by atomic mass is 9.79. The van der Waals surface area contributed by atoms with Crippen molar-refractivity contribution >= 4 is 15.7 Å². The molecule has 1 aromatic carbocycles. The molecule has 2 unspecified atom stereocenters. The zero-order valence-corrected chi connectivity index (χ0v) is 14.7. The second-order valence-corrected chi connectivity index (χ2v) is 9.10. The molecule has 25 heavy (non-hydrogen) atoms.